The van der Waals surface area contributed by atoms with Gasteiger partial charge in [0.05, 0.1) is 14.1 Å². The first-order valence-corrected chi connectivity index (χ1v) is 7.35. The first-order chi connectivity index (χ1) is 10.5. The molecule has 2 aromatic carbocycles. The van der Waals surface area contributed by atoms with Crippen LogP contribution in [0.15, 0.2) is 60.7 Å². The summed E-state index contributed by atoms with van der Waals surface area (Å²) >= 11 is 0. The second-order valence-corrected chi connectivity index (χ2v) is 5.92. The number of hydrogen-bond donors (Lipinski definition) is 1. The fourth-order valence-corrected chi connectivity index (χ4v) is 2.22. The molecule has 0 aliphatic carbocycles. The van der Waals surface area contributed by atoms with E-state index in [0.29, 0.717) is 13.2 Å². The van der Waals surface area contributed by atoms with Crippen molar-refractivity contribution in [3.8, 4) is 0 Å². The molecule has 0 saturated carbocycles. The van der Waals surface area contributed by atoms with E-state index in [2.05, 4.69) is 0 Å². The van der Waals surface area contributed by atoms with Gasteiger partial charge in [-0.2, -0.15) is 5.84 Å². The van der Waals surface area contributed by atoms with Crippen LogP contribution in [0, 0.1) is 0 Å². The molecule has 0 atom stereocenters. The molecule has 0 radical (unpaired) electrons. The van der Waals surface area contributed by atoms with E-state index in [-0.39, 0.29) is 10.6 Å². The number of likely N-dealkylation sites (N-methyl/N-ethyl adjacent to an activating group) is 1. The van der Waals surface area contributed by atoms with Crippen LogP contribution in [0.5, 0.6) is 0 Å². The van der Waals surface area contributed by atoms with Crippen molar-refractivity contribution in [3.63, 3.8) is 0 Å². The van der Waals surface area contributed by atoms with E-state index >= 15 is 0 Å². The van der Waals surface area contributed by atoms with E-state index < -0.39 is 5.92 Å². The number of carbonyl (C=O) groups is 1. The number of hydrogen-bond acceptors (Lipinski definition) is 3. The quantitative estimate of drug-likeness (QED) is 0.385. The molecule has 4 heteroatoms. The molecule has 0 unspecified atom stereocenters. The Morgan fingerprint density at radius 3 is 1.86 bits per heavy atom. The van der Waals surface area contributed by atoms with E-state index in [1.807, 2.05) is 74.8 Å². The van der Waals surface area contributed by atoms with Crippen LogP contribution in [0.2, 0.25) is 0 Å². The monoisotopic (exact) mass is 299 g/mol. The predicted octanol–water partition coefficient (Wildman–Crippen LogP) is 2.31. The van der Waals surface area contributed by atoms with Crippen molar-refractivity contribution in [1.82, 2.24) is 0 Å². The van der Waals surface area contributed by atoms with Crippen molar-refractivity contribution >= 4 is 5.97 Å². The lowest BCUT2D eigenvalue weighted by atomic mass is 9.91. The predicted molar refractivity (Wildman–Crippen MR) is 86.8 cm³/mol. The van der Waals surface area contributed by atoms with Gasteiger partial charge in [-0.1, -0.05) is 60.7 Å². The van der Waals surface area contributed by atoms with E-state index in [0.717, 1.165) is 11.1 Å². The van der Waals surface area contributed by atoms with Gasteiger partial charge in [-0.25, -0.2) is 0 Å². The molecule has 0 spiro atoms. The Kier molecular flexibility index (Phi) is 5.31. The van der Waals surface area contributed by atoms with Gasteiger partial charge in [0.2, 0.25) is 0 Å². The largest absolute Gasteiger partial charge is 0.459 e. The van der Waals surface area contributed by atoms with Gasteiger partial charge in [0.1, 0.15) is 19.1 Å². The lowest BCUT2D eigenvalue weighted by molar-refractivity contribution is -0.902. The summed E-state index contributed by atoms with van der Waals surface area (Å²) in [7, 11) is 3.72. The topological polar surface area (TPSA) is 52.3 Å². The molecule has 2 aromatic rings. The second-order valence-electron chi connectivity index (χ2n) is 5.92. The van der Waals surface area contributed by atoms with Crippen molar-refractivity contribution in [2.75, 3.05) is 27.2 Å². The minimum atomic E-state index is -0.407. The van der Waals surface area contributed by atoms with Gasteiger partial charge in [0, 0.05) is 0 Å². The van der Waals surface area contributed by atoms with Crippen LogP contribution in [0.25, 0.3) is 0 Å². The summed E-state index contributed by atoms with van der Waals surface area (Å²) in [6.45, 7) is 0.876. The zero-order chi connectivity index (χ0) is 16.0. The maximum absolute atomic E-state index is 12.6. The lowest BCUT2D eigenvalue weighted by Crippen LogP contribution is -2.49. The Labute approximate surface area is 131 Å². The highest BCUT2D eigenvalue weighted by atomic mass is 16.5. The molecule has 0 fully saturated rings. The average Bonchev–Trinajstić information content (AvgIpc) is 2.48. The smallest absolute Gasteiger partial charge is 0.318 e. The SMILES string of the molecule is C[N+](C)(N)CCOC(=O)C(c1ccccc1)c1ccccc1. The van der Waals surface area contributed by atoms with E-state index in [4.69, 9.17) is 10.6 Å². The molecule has 0 bridgehead atoms. The Bertz CT molecular complexity index is 552. The maximum Gasteiger partial charge on any atom is 0.318 e. The molecular weight excluding hydrogens is 276 g/mol. The van der Waals surface area contributed by atoms with Gasteiger partial charge in [-0.15, -0.1) is 0 Å². The summed E-state index contributed by atoms with van der Waals surface area (Å²) in [6, 6.07) is 19.4. The first kappa shape index (κ1) is 16.2. The Morgan fingerprint density at radius 2 is 1.45 bits per heavy atom. The summed E-state index contributed by atoms with van der Waals surface area (Å²) in [4.78, 5) is 12.6. The Hall–Kier alpha value is -2.17. The van der Waals surface area contributed by atoms with Crippen molar-refractivity contribution in [2.45, 2.75) is 5.92 Å². The molecule has 2 rings (SSSR count). The van der Waals surface area contributed by atoms with Gasteiger partial charge in [0.15, 0.2) is 0 Å². The van der Waals surface area contributed by atoms with Gasteiger partial charge >= 0.3 is 5.97 Å². The highest BCUT2D eigenvalue weighted by molar-refractivity contribution is 5.82. The average molecular weight is 299 g/mol. The zero-order valence-corrected chi connectivity index (χ0v) is 13.1. The number of nitrogens with two attached hydrogens (primary N) is 1. The Morgan fingerprint density at radius 1 is 1.00 bits per heavy atom. The molecule has 0 saturated heterocycles. The summed E-state index contributed by atoms with van der Waals surface area (Å²) in [5.41, 5.74) is 1.86. The fraction of sp³-hybridized carbons (Fsp3) is 0.278. The van der Waals surface area contributed by atoms with Crippen molar-refractivity contribution in [2.24, 2.45) is 5.84 Å². The number of quaternary nitrogens is 1. The van der Waals surface area contributed by atoms with Gasteiger partial charge in [-0.05, 0) is 11.1 Å². The van der Waals surface area contributed by atoms with Crippen molar-refractivity contribution in [3.05, 3.63) is 71.8 Å². The molecule has 2 N–H and O–H groups in total. The fourth-order valence-electron chi connectivity index (χ4n) is 2.22. The van der Waals surface area contributed by atoms with Crippen LogP contribution in [0.4, 0.5) is 0 Å². The Balaban J connectivity index is 2.17. The number of rotatable bonds is 6. The summed E-state index contributed by atoms with van der Waals surface area (Å²) in [6.07, 6.45) is 0. The lowest BCUT2D eigenvalue weighted by Gasteiger charge is -2.23. The minimum Gasteiger partial charge on any atom is -0.459 e. The molecule has 22 heavy (non-hydrogen) atoms. The number of benzene rings is 2. The summed E-state index contributed by atoms with van der Waals surface area (Å²) in [5, 5.41) is 0. The van der Waals surface area contributed by atoms with Crippen LogP contribution in [0.1, 0.15) is 17.0 Å². The van der Waals surface area contributed by atoms with E-state index in [1.54, 1.807) is 0 Å². The third-order valence-electron chi connectivity index (χ3n) is 3.41. The molecule has 0 amide bonds. The second kappa shape index (κ2) is 7.20. The van der Waals surface area contributed by atoms with E-state index in [1.165, 1.54) is 0 Å². The number of carbonyl (C=O) groups excluding carboxylic acids is 1. The van der Waals surface area contributed by atoms with Crippen molar-refractivity contribution < 1.29 is 14.1 Å². The molecule has 0 aromatic heterocycles. The first-order valence-electron chi connectivity index (χ1n) is 7.35. The highest BCUT2D eigenvalue weighted by Crippen LogP contribution is 2.25. The summed E-state index contributed by atoms with van der Waals surface area (Å²) in [5.74, 6) is 5.21. The molecule has 0 aliphatic heterocycles. The van der Waals surface area contributed by atoms with E-state index in [9.17, 15) is 4.79 Å². The molecule has 0 heterocycles. The van der Waals surface area contributed by atoms with Gasteiger partial charge in [-0.3, -0.25) is 9.39 Å². The van der Waals surface area contributed by atoms with Gasteiger partial charge < -0.3 is 4.74 Å². The summed E-state index contributed by atoms with van der Waals surface area (Å²) < 4.78 is 5.73. The standard InChI is InChI=1S/C18H23N2O2/c1-20(2,19)13-14-22-18(21)17(15-9-5-3-6-10-15)16-11-7-4-8-12-16/h3-12,17H,13-14,19H2,1-2H3/q+1. The molecule has 4 nitrogen and oxygen atoms in total. The van der Waals surface area contributed by atoms with Gasteiger partial charge in [0.25, 0.3) is 0 Å². The minimum absolute atomic E-state index is 0.245. The molecule has 116 valence electrons. The highest BCUT2D eigenvalue weighted by Gasteiger charge is 2.24. The van der Waals surface area contributed by atoms with Crippen LogP contribution in [-0.2, 0) is 9.53 Å². The molecular formula is C18H23N2O2+. The molecule has 0 aliphatic rings. The third kappa shape index (κ3) is 4.69. The van der Waals surface area contributed by atoms with Crippen LogP contribution >= 0.6 is 0 Å². The zero-order valence-electron chi connectivity index (χ0n) is 13.1. The van der Waals surface area contributed by atoms with Crippen molar-refractivity contribution in [1.29, 1.82) is 0 Å². The normalized spacial score (nSPS) is 11.5. The number of ether oxygens (including phenoxy) is 1. The number of nitrogens with zero attached hydrogens (tertiary/aromatic N) is 1. The number of esters is 1. The van der Waals surface area contributed by atoms with Crippen LogP contribution in [0.3, 0.4) is 0 Å². The van der Waals surface area contributed by atoms with Crippen LogP contribution in [-0.4, -0.2) is 37.8 Å². The van der Waals surface area contributed by atoms with Crippen LogP contribution < -0.4 is 5.84 Å². The maximum atomic E-state index is 12.6. The third-order valence-corrected chi connectivity index (χ3v) is 3.41.